The molecule has 0 unspecified atom stereocenters. The number of carbonyl (C=O) groups excluding carboxylic acids is 2. The lowest BCUT2D eigenvalue weighted by molar-refractivity contribution is -0.130. The predicted molar refractivity (Wildman–Crippen MR) is 113 cm³/mol. The van der Waals surface area contributed by atoms with Crippen LogP contribution in [0.4, 0.5) is 4.79 Å². The fraction of sp³-hybridized carbons (Fsp3) is 0.0870. The van der Waals surface area contributed by atoms with Crippen LogP contribution in [0.2, 0.25) is 0 Å². The molecule has 1 N–H and O–H groups in total. The number of benzene rings is 2. The summed E-state index contributed by atoms with van der Waals surface area (Å²) < 4.78 is 5.11. The lowest BCUT2D eigenvalue weighted by Crippen LogP contribution is -2.45. The molecule has 2 aromatic carbocycles. The topological polar surface area (TPSA) is 75.4 Å². The average molecular weight is 415 g/mol. The van der Waals surface area contributed by atoms with Crippen molar-refractivity contribution in [3.63, 3.8) is 0 Å². The minimum Gasteiger partial charge on any atom is -0.472 e. The van der Waals surface area contributed by atoms with E-state index in [1.54, 1.807) is 12.5 Å². The summed E-state index contributed by atoms with van der Waals surface area (Å²) in [5, 5.41) is 5.59. The Labute approximate surface area is 176 Å². The molecule has 6 nitrogen and oxygen atoms in total. The lowest BCUT2D eigenvalue weighted by atomic mass is 9.82. The van der Waals surface area contributed by atoms with Crippen LogP contribution < -0.4 is 5.32 Å². The van der Waals surface area contributed by atoms with Gasteiger partial charge in [0.15, 0.2) is 5.54 Å². The highest BCUT2D eigenvalue weighted by Gasteiger charge is 2.53. The van der Waals surface area contributed by atoms with Crippen LogP contribution in [0.3, 0.4) is 0 Å². The molecule has 148 valence electrons. The van der Waals surface area contributed by atoms with E-state index in [2.05, 4.69) is 10.3 Å². The Balaban J connectivity index is 1.51. The zero-order chi connectivity index (χ0) is 20.6. The Morgan fingerprint density at radius 1 is 0.967 bits per heavy atom. The monoisotopic (exact) mass is 415 g/mol. The highest BCUT2D eigenvalue weighted by Crippen LogP contribution is 2.36. The van der Waals surface area contributed by atoms with Crippen LogP contribution in [-0.2, 0) is 16.9 Å². The van der Waals surface area contributed by atoms with E-state index in [4.69, 9.17) is 4.42 Å². The van der Waals surface area contributed by atoms with Crippen LogP contribution in [0.15, 0.2) is 89.1 Å². The number of furan rings is 1. The van der Waals surface area contributed by atoms with Gasteiger partial charge in [-0.15, -0.1) is 11.3 Å². The van der Waals surface area contributed by atoms with Crippen LogP contribution >= 0.6 is 11.3 Å². The molecule has 0 atom stereocenters. The summed E-state index contributed by atoms with van der Waals surface area (Å²) in [6, 6.07) is 20.0. The second kappa shape index (κ2) is 7.27. The maximum atomic E-state index is 13.7. The molecule has 1 saturated heterocycles. The number of urea groups is 1. The number of rotatable bonds is 5. The number of nitrogens with zero attached hydrogens (tertiary/aromatic N) is 2. The van der Waals surface area contributed by atoms with Gasteiger partial charge in [0.25, 0.3) is 5.91 Å². The zero-order valence-electron chi connectivity index (χ0n) is 15.8. The van der Waals surface area contributed by atoms with Crippen LogP contribution in [0, 0.1) is 0 Å². The zero-order valence-corrected chi connectivity index (χ0v) is 16.6. The fourth-order valence-electron chi connectivity index (χ4n) is 3.71. The molecule has 1 fully saturated rings. The first-order valence-electron chi connectivity index (χ1n) is 9.40. The summed E-state index contributed by atoms with van der Waals surface area (Å²) in [6.45, 7) is 0.0977. The number of carbonyl (C=O) groups is 2. The Morgan fingerprint density at radius 2 is 1.63 bits per heavy atom. The van der Waals surface area contributed by atoms with Crippen molar-refractivity contribution in [1.29, 1.82) is 0 Å². The van der Waals surface area contributed by atoms with Crippen LogP contribution in [0.5, 0.6) is 0 Å². The van der Waals surface area contributed by atoms with Crippen molar-refractivity contribution in [3.8, 4) is 10.6 Å². The summed E-state index contributed by atoms with van der Waals surface area (Å²) in [5.74, 6) is -0.317. The van der Waals surface area contributed by atoms with Gasteiger partial charge in [0, 0.05) is 10.9 Å². The van der Waals surface area contributed by atoms with Crippen molar-refractivity contribution in [1.82, 2.24) is 15.2 Å². The average Bonchev–Trinajstić information content (AvgIpc) is 3.52. The third-order valence-electron chi connectivity index (χ3n) is 5.16. The molecular weight excluding hydrogens is 398 g/mol. The fourth-order valence-corrected chi connectivity index (χ4v) is 4.51. The van der Waals surface area contributed by atoms with E-state index in [0.29, 0.717) is 5.69 Å². The first-order chi connectivity index (χ1) is 14.7. The Hall–Kier alpha value is -3.71. The van der Waals surface area contributed by atoms with E-state index >= 15 is 0 Å². The molecule has 0 bridgehead atoms. The van der Waals surface area contributed by atoms with Gasteiger partial charge in [0.2, 0.25) is 0 Å². The second-order valence-electron chi connectivity index (χ2n) is 6.96. The molecule has 0 radical (unpaired) electrons. The Kier molecular flexibility index (Phi) is 4.44. The van der Waals surface area contributed by atoms with Crippen molar-refractivity contribution >= 4 is 23.3 Å². The SMILES string of the molecule is O=C1NC(c2ccccc2)(c2ccccc2)C(=O)N1Cc1csc(-c2ccoc2)n1. The minimum atomic E-state index is -1.26. The van der Waals surface area contributed by atoms with E-state index in [1.165, 1.54) is 16.2 Å². The molecule has 0 saturated carbocycles. The number of hydrogen-bond donors (Lipinski definition) is 1. The van der Waals surface area contributed by atoms with Gasteiger partial charge in [-0.3, -0.25) is 9.69 Å². The van der Waals surface area contributed by atoms with Crippen molar-refractivity contribution in [2.24, 2.45) is 0 Å². The van der Waals surface area contributed by atoms with E-state index in [9.17, 15) is 9.59 Å². The van der Waals surface area contributed by atoms with Crippen LogP contribution in [-0.4, -0.2) is 21.8 Å². The standard InChI is InChI=1S/C23H17N3O3S/c27-21-23(17-7-3-1-4-8-17,18-9-5-2-6-10-18)25-22(28)26(21)13-19-15-30-20(24-19)16-11-12-29-14-16/h1-12,14-15H,13H2,(H,25,28). The molecule has 1 aliphatic rings. The smallest absolute Gasteiger partial charge is 0.325 e. The summed E-state index contributed by atoms with van der Waals surface area (Å²) >= 11 is 1.44. The second-order valence-corrected chi connectivity index (χ2v) is 7.82. The van der Waals surface area contributed by atoms with Crippen LogP contribution in [0.1, 0.15) is 16.8 Å². The van der Waals surface area contributed by atoms with E-state index in [-0.39, 0.29) is 12.5 Å². The number of aromatic nitrogens is 1. The first kappa shape index (κ1) is 18.3. The molecule has 1 aliphatic heterocycles. The van der Waals surface area contributed by atoms with Gasteiger partial charge in [-0.05, 0) is 17.2 Å². The Morgan fingerprint density at radius 3 is 2.23 bits per heavy atom. The molecule has 0 spiro atoms. The molecule has 30 heavy (non-hydrogen) atoms. The molecule has 3 amide bonds. The summed E-state index contributed by atoms with van der Waals surface area (Å²) in [5.41, 5.74) is 1.69. The summed E-state index contributed by atoms with van der Waals surface area (Å²) in [7, 11) is 0. The molecule has 7 heteroatoms. The maximum absolute atomic E-state index is 13.7. The molecule has 3 heterocycles. The van der Waals surface area contributed by atoms with Gasteiger partial charge in [-0.25, -0.2) is 9.78 Å². The molecule has 5 rings (SSSR count). The van der Waals surface area contributed by atoms with Gasteiger partial charge in [0.1, 0.15) is 11.3 Å². The van der Waals surface area contributed by atoms with Gasteiger partial charge in [0.05, 0.1) is 18.5 Å². The minimum absolute atomic E-state index is 0.0977. The van der Waals surface area contributed by atoms with E-state index in [0.717, 1.165) is 21.7 Å². The number of hydrogen-bond acceptors (Lipinski definition) is 5. The predicted octanol–water partition coefficient (Wildman–Crippen LogP) is 4.40. The first-order valence-corrected chi connectivity index (χ1v) is 10.3. The third-order valence-corrected chi connectivity index (χ3v) is 6.10. The van der Waals surface area contributed by atoms with E-state index in [1.807, 2.05) is 72.1 Å². The quantitative estimate of drug-likeness (QED) is 0.490. The third kappa shape index (κ3) is 2.91. The number of nitrogens with one attached hydrogen (secondary N) is 1. The van der Waals surface area contributed by atoms with Crippen molar-refractivity contribution in [3.05, 3.63) is 101 Å². The van der Waals surface area contributed by atoms with Crippen molar-refractivity contribution < 1.29 is 14.0 Å². The number of imide groups is 1. The molecular formula is C23H17N3O3S. The summed E-state index contributed by atoms with van der Waals surface area (Å²) in [6.07, 6.45) is 3.20. The normalized spacial score (nSPS) is 15.4. The summed E-state index contributed by atoms with van der Waals surface area (Å²) in [4.78, 5) is 32.4. The van der Waals surface area contributed by atoms with Gasteiger partial charge >= 0.3 is 6.03 Å². The van der Waals surface area contributed by atoms with Crippen molar-refractivity contribution in [2.45, 2.75) is 12.1 Å². The Bertz CT molecular complexity index is 1150. The largest absolute Gasteiger partial charge is 0.472 e. The van der Waals surface area contributed by atoms with Crippen molar-refractivity contribution in [2.75, 3.05) is 0 Å². The molecule has 4 aromatic rings. The number of thiazole rings is 1. The number of amides is 3. The maximum Gasteiger partial charge on any atom is 0.325 e. The van der Waals surface area contributed by atoms with Gasteiger partial charge in [-0.1, -0.05) is 60.7 Å². The molecule has 2 aromatic heterocycles. The van der Waals surface area contributed by atoms with Crippen LogP contribution in [0.25, 0.3) is 10.6 Å². The van der Waals surface area contributed by atoms with Gasteiger partial charge in [-0.2, -0.15) is 0 Å². The highest BCUT2D eigenvalue weighted by molar-refractivity contribution is 7.13. The van der Waals surface area contributed by atoms with Gasteiger partial charge < -0.3 is 9.73 Å². The van der Waals surface area contributed by atoms with E-state index < -0.39 is 11.6 Å². The highest BCUT2D eigenvalue weighted by atomic mass is 32.1. The lowest BCUT2D eigenvalue weighted by Gasteiger charge is -2.27. The molecule has 0 aliphatic carbocycles.